The van der Waals surface area contributed by atoms with Gasteiger partial charge in [-0.25, -0.2) is 4.98 Å². The molecule has 2 aromatic rings. The van der Waals surface area contributed by atoms with Crippen molar-refractivity contribution in [1.29, 1.82) is 0 Å². The summed E-state index contributed by atoms with van der Waals surface area (Å²) in [6.07, 6.45) is 3.28. The van der Waals surface area contributed by atoms with Crippen LogP contribution in [0.5, 0.6) is 0 Å². The van der Waals surface area contributed by atoms with E-state index >= 15 is 0 Å². The summed E-state index contributed by atoms with van der Waals surface area (Å²) in [5, 5.41) is 0. The number of aromatic nitrogens is 2. The van der Waals surface area contributed by atoms with Crippen LogP contribution in [0.1, 0.15) is 33.3 Å². The Morgan fingerprint density at radius 2 is 1.85 bits per heavy atom. The predicted octanol–water partition coefficient (Wildman–Crippen LogP) is 1.84. The number of nitrogens with zero attached hydrogens (tertiary/aromatic N) is 5. The van der Waals surface area contributed by atoms with Gasteiger partial charge in [0.25, 0.3) is 11.8 Å². The molecular formula is C20H25N5O2. The van der Waals surface area contributed by atoms with Gasteiger partial charge in [-0.05, 0) is 37.6 Å². The van der Waals surface area contributed by atoms with Crippen LogP contribution >= 0.6 is 0 Å². The Morgan fingerprint density at radius 3 is 2.44 bits per heavy atom. The fourth-order valence-electron chi connectivity index (χ4n) is 3.10. The zero-order valence-corrected chi connectivity index (χ0v) is 16.1. The third-order valence-corrected chi connectivity index (χ3v) is 4.90. The van der Waals surface area contributed by atoms with Gasteiger partial charge in [0.1, 0.15) is 11.5 Å². The number of carbonyl (C=O) groups excluding carboxylic acids is 2. The van der Waals surface area contributed by atoms with E-state index < -0.39 is 0 Å². The lowest BCUT2D eigenvalue weighted by molar-refractivity contribution is 0.0738. The van der Waals surface area contributed by atoms with Crippen molar-refractivity contribution in [3.05, 3.63) is 53.5 Å². The fraction of sp³-hybridized carbons (Fsp3) is 0.400. The molecule has 7 heteroatoms. The van der Waals surface area contributed by atoms with E-state index in [1.165, 1.54) is 6.20 Å². The first kappa shape index (κ1) is 18.8. The zero-order valence-electron chi connectivity index (χ0n) is 16.1. The van der Waals surface area contributed by atoms with E-state index in [1.807, 2.05) is 26.0 Å². The van der Waals surface area contributed by atoms with E-state index in [-0.39, 0.29) is 11.8 Å². The molecule has 1 saturated heterocycles. The molecule has 3 heterocycles. The van der Waals surface area contributed by atoms with E-state index in [1.54, 1.807) is 35.2 Å². The van der Waals surface area contributed by atoms with E-state index in [4.69, 9.17) is 0 Å². The molecule has 0 radical (unpaired) electrons. The second-order valence-electron chi connectivity index (χ2n) is 6.67. The van der Waals surface area contributed by atoms with Crippen LogP contribution in [0.4, 0.5) is 5.82 Å². The summed E-state index contributed by atoms with van der Waals surface area (Å²) >= 11 is 0. The molecule has 1 aliphatic heterocycles. The van der Waals surface area contributed by atoms with Crippen LogP contribution in [-0.2, 0) is 0 Å². The van der Waals surface area contributed by atoms with E-state index in [2.05, 4.69) is 14.9 Å². The lowest BCUT2D eigenvalue weighted by atomic mass is 10.2. The molecule has 0 spiro atoms. The van der Waals surface area contributed by atoms with Gasteiger partial charge in [-0.2, -0.15) is 0 Å². The highest BCUT2D eigenvalue weighted by Gasteiger charge is 2.24. The van der Waals surface area contributed by atoms with Gasteiger partial charge in [-0.1, -0.05) is 6.07 Å². The maximum Gasteiger partial charge on any atom is 0.272 e. The summed E-state index contributed by atoms with van der Waals surface area (Å²) in [4.78, 5) is 39.1. The molecule has 0 N–H and O–H groups in total. The largest absolute Gasteiger partial charge is 0.353 e. The van der Waals surface area contributed by atoms with Crippen LogP contribution in [0, 0.1) is 6.92 Å². The van der Waals surface area contributed by atoms with Crippen molar-refractivity contribution < 1.29 is 9.59 Å². The van der Waals surface area contributed by atoms with Crippen LogP contribution in [0.3, 0.4) is 0 Å². The average molecular weight is 367 g/mol. The molecule has 0 bridgehead atoms. The molecule has 3 rings (SSSR count). The van der Waals surface area contributed by atoms with Gasteiger partial charge in [0, 0.05) is 52.2 Å². The minimum absolute atomic E-state index is 0.0941. The third kappa shape index (κ3) is 4.07. The quantitative estimate of drug-likeness (QED) is 0.825. The monoisotopic (exact) mass is 367 g/mol. The second kappa shape index (κ2) is 8.16. The Hall–Kier alpha value is -2.96. The smallest absolute Gasteiger partial charge is 0.272 e. The molecule has 142 valence electrons. The molecule has 27 heavy (non-hydrogen) atoms. The van der Waals surface area contributed by atoms with Crippen LogP contribution in [0.2, 0.25) is 0 Å². The number of anilines is 1. The Kier molecular flexibility index (Phi) is 5.69. The molecule has 2 amide bonds. The van der Waals surface area contributed by atoms with Gasteiger partial charge >= 0.3 is 0 Å². The van der Waals surface area contributed by atoms with Gasteiger partial charge in [-0.3, -0.25) is 14.6 Å². The summed E-state index contributed by atoms with van der Waals surface area (Å²) in [6.45, 7) is 7.30. The fourth-order valence-corrected chi connectivity index (χ4v) is 3.10. The highest BCUT2D eigenvalue weighted by molar-refractivity contribution is 5.96. The third-order valence-electron chi connectivity index (χ3n) is 4.90. The van der Waals surface area contributed by atoms with E-state index in [0.717, 1.165) is 24.5 Å². The van der Waals surface area contributed by atoms with Crippen molar-refractivity contribution in [1.82, 2.24) is 19.8 Å². The number of piperazine rings is 1. The van der Waals surface area contributed by atoms with Crippen molar-refractivity contribution in [3.8, 4) is 0 Å². The standard InChI is InChI=1S/C20H25N5O2/c1-4-23(3)19(26)16-7-8-17(22-14-16)20(27)25-12-10-24(11-13-25)18-15(2)6-5-9-21-18/h5-9,14H,4,10-13H2,1-3H3. The van der Waals surface area contributed by atoms with E-state index in [0.29, 0.717) is 30.9 Å². The molecule has 0 atom stereocenters. The maximum atomic E-state index is 12.7. The summed E-state index contributed by atoms with van der Waals surface area (Å²) in [7, 11) is 1.74. The number of amides is 2. The number of pyridine rings is 2. The maximum absolute atomic E-state index is 12.7. The minimum atomic E-state index is -0.102. The predicted molar refractivity (Wildman–Crippen MR) is 104 cm³/mol. The van der Waals surface area contributed by atoms with Crippen molar-refractivity contribution in [3.63, 3.8) is 0 Å². The molecule has 0 aromatic carbocycles. The van der Waals surface area contributed by atoms with E-state index in [9.17, 15) is 9.59 Å². The van der Waals surface area contributed by atoms with Crippen LogP contribution in [0.25, 0.3) is 0 Å². The average Bonchev–Trinajstić information content (AvgIpc) is 2.73. The first-order valence-electron chi connectivity index (χ1n) is 9.18. The topological polar surface area (TPSA) is 69.6 Å². The Morgan fingerprint density at radius 1 is 1.11 bits per heavy atom. The number of carbonyl (C=O) groups is 2. The van der Waals surface area contributed by atoms with Crippen LogP contribution < -0.4 is 4.90 Å². The minimum Gasteiger partial charge on any atom is -0.353 e. The normalized spacial score (nSPS) is 14.2. The number of aryl methyl sites for hydroxylation is 1. The van der Waals surface area contributed by atoms with Gasteiger partial charge in [0.05, 0.1) is 5.56 Å². The van der Waals surface area contributed by atoms with Crippen molar-refractivity contribution in [2.45, 2.75) is 13.8 Å². The molecule has 0 saturated carbocycles. The lowest BCUT2D eigenvalue weighted by Crippen LogP contribution is -2.49. The summed E-state index contributed by atoms with van der Waals surface area (Å²) in [5.74, 6) is 0.782. The number of hydrogen-bond acceptors (Lipinski definition) is 5. The van der Waals surface area contributed by atoms with Gasteiger partial charge < -0.3 is 14.7 Å². The second-order valence-corrected chi connectivity index (χ2v) is 6.67. The Bertz CT molecular complexity index is 813. The summed E-state index contributed by atoms with van der Waals surface area (Å²) in [6, 6.07) is 7.27. The van der Waals surface area contributed by atoms with Crippen molar-refractivity contribution in [2.75, 3.05) is 44.7 Å². The molecule has 1 fully saturated rings. The van der Waals surface area contributed by atoms with Crippen LogP contribution in [-0.4, -0.2) is 71.4 Å². The van der Waals surface area contributed by atoms with Gasteiger partial charge in [-0.15, -0.1) is 0 Å². The summed E-state index contributed by atoms with van der Waals surface area (Å²) in [5.41, 5.74) is 2.00. The molecular weight excluding hydrogens is 342 g/mol. The molecule has 1 aliphatic rings. The Balaban J connectivity index is 1.62. The molecule has 2 aromatic heterocycles. The molecule has 0 aliphatic carbocycles. The number of hydrogen-bond donors (Lipinski definition) is 0. The first-order chi connectivity index (χ1) is 13.0. The first-order valence-corrected chi connectivity index (χ1v) is 9.18. The molecule has 7 nitrogen and oxygen atoms in total. The van der Waals surface area contributed by atoms with Gasteiger partial charge in [0.15, 0.2) is 0 Å². The highest BCUT2D eigenvalue weighted by atomic mass is 16.2. The lowest BCUT2D eigenvalue weighted by Gasteiger charge is -2.35. The number of rotatable bonds is 4. The van der Waals surface area contributed by atoms with Gasteiger partial charge in [0.2, 0.25) is 0 Å². The van der Waals surface area contributed by atoms with Crippen LogP contribution in [0.15, 0.2) is 36.7 Å². The molecule has 0 unspecified atom stereocenters. The van der Waals surface area contributed by atoms with Crippen molar-refractivity contribution in [2.24, 2.45) is 0 Å². The van der Waals surface area contributed by atoms with Crippen molar-refractivity contribution >= 4 is 17.6 Å². The summed E-state index contributed by atoms with van der Waals surface area (Å²) < 4.78 is 0. The zero-order chi connectivity index (χ0) is 19.4. The SMILES string of the molecule is CCN(C)C(=O)c1ccc(C(=O)N2CCN(c3ncccc3C)CC2)nc1. The Labute approximate surface area is 159 Å². The highest BCUT2D eigenvalue weighted by Crippen LogP contribution is 2.18.